The molecule has 1 atom stereocenters. The van der Waals surface area contributed by atoms with Gasteiger partial charge in [0.2, 0.25) is 5.88 Å². The lowest BCUT2D eigenvalue weighted by Crippen LogP contribution is -2.44. The average molecular weight is 252 g/mol. The molecule has 1 unspecified atom stereocenters. The molecule has 2 rings (SSSR count). The molecule has 6 nitrogen and oxygen atoms in total. The van der Waals surface area contributed by atoms with Crippen LogP contribution in [0.25, 0.3) is 0 Å². The fraction of sp³-hybridized carbons (Fsp3) is 0.667. The summed E-state index contributed by atoms with van der Waals surface area (Å²) in [4.78, 5) is 8.46. The third kappa shape index (κ3) is 2.45. The first kappa shape index (κ1) is 13.2. The van der Waals surface area contributed by atoms with Gasteiger partial charge in [-0.1, -0.05) is 0 Å². The molecule has 1 aliphatic rings. The molecular formula is C12H20N4O2. The maximum absolute atomic E-state index is 5.64. The number of nitrogens with two attached hydrogens (primary N) is 1. The Morgan fingerprint density at radius 1 is 1.39 bits per heavy atom. The number of nitrogens with one attached hydrogen (secondary N) is 1. The van der Waals surface area contributed by atoms with Gasteiger partial charge in [0, 0.05) is 19.5 Å². The van der Waals surface area contributed by atoms with Crippen molar-refractivity contribution >= 4 is 0 Å². The van der Waals surface area contributed by atoms with Crippen LogP contribution in [0.15, 0.2) is 12.4 Å². The number of aromatic nitrogens is 2. The molecular weight excluding hydrogens is 232 g/mol. The van der Waals surface area contributed by atoms with Gasteiger partial charge in [-0.05, 0) is 25.7 Å². The van der Waals surface area contributed by atoms with Gasteiger partial charge in [-0.2, -0.15) is 0 Å². The monoisotopic (exact) mass is 252 g/mol. The van der Waals surface area contributed by atoms with E-state index in [0.29, 0.717) is 5.88 Å². The van der Waals surface area contributed by atoms with E-state index in [0.717, 1.165) is 25.0 Å². The zero-order chi connectivity index (χ0) is 13.0. The largest absolute Gasteiger partial charge is 0.480 e. The summed E-state index contributed by atoms with van der Waals surface area (Å²) in [6, 6.07) is -0.117. The van der Waals surface area contributed by atoms with E-state index in [1.807, 2.05) is 0 Å². The lowest BCUT2D eigenvalue weighted by Gasteiger charge is -2.42. The maximum Gasteiger partial charge on any atom is 0.237 e. The first-order valence-corrected chi connectivity index (χ1v) is 6.11. The van der Waals surface area contributed by atoms with Crippen LogP contribution in [-0.2, 0) is 4.74 Å². The molecule has 18 heavy (non-hydrogen) atoms. The minimum atomic E-state index is -0.117. The predicted molar refractivity (Wildman–Crippen MR) is 66.9 cm³/mol. The van der Waals surface area contributed by atoms with Crippen molar-refractivity contribution in [3.8, 4) is 5.88 Å². The van der Waals surface area contributed by atoms with Gasteiger partial charge in [0.05, 0.1) is 18.8 Å². The molecule has 100 valence electrons. The fourth-order valence-electron chi connectivity index (χ4n) is 2.40. The maximum atomic E-state index is 5.64. The summed E-state index contributed by atoms with van der Waals surface area (Å²) in [5.41, 5.74) is 3.43. The van der Waals surface area contributed by atoms with Gasteiger partial charge in [0.1, 0.15) is 5.69 Å². The Balaban J connectivity index is 2.17. The SMILES string of the molecule is COc1nccnc1C(CC1(OC)CCC1)NN. The van der Waals surface area contributed by atoms with E-state index in [2.05, 4.69) is 15.4 Å². The number of hydrogen-bond acceptors (Lipinski definition) is 6. The highest BCUT2D eigenvalue weighted by Crippen LogP contribution is 2.42. The summed E-state index contributed by atoms with van der Waals surface area (Å²) in [6.07, 6.45) is 7.33. The number of hydrazine groups is 1. The van der Waals surface area contributed by atoms with Crippen molar-refractivity contribution in [1.29, 1.82) is 0 Å². The van der Waals surface area contributed by atoms with Gasteiger partial charge in [-0.25, -0.2) is 4.98 Å². The predicted octanol–water partition coefficient (Wildman–Crippen LogP) is 0.949. The van der Waals surface area contributed by atoms with Crippen LogP contribution in [0.3, 0.4) is 0 Å². The summed E-state index contributed by atoms with van der Waals surface area (Å²) < 4.78 is 10.8. The lowest BCUT2D eigenvalue weighted by atomic mass is 9.75. The van der Waals surface area contributed by atoms with Crippen molar-refractivity contribution in [2.75, 3.05) is 14.2 Å². The average Bonchev–Trinajstić information content (AvgIpc) is 2.38. The number of nitrogens with zero attached hydrogens (tertiary/aromatic N) is 2. The highest BCUT2D eigenvalue weighted by molar-refractivity contribution is 5.22. The van der Waals surface area contributed by atoms with Gasteiger partial charge < -0.3 is 9.47 Å². The molecule has 3 N–H and O–H groups in total. The van der Waals surface area contributed by atoms with Crippen LogP contribution >= 0.6 is 0 Å². The number of methoxy groups -OCH3 is 2. The van der Waals surface area contributed by atoms with Crippen molar-refractivity contribution in [1.82, 2.24) is 15.4 Å². The van der Waals surface area contributed by atoms with E-state index in [4.69, 9.17) is 15.3 Å². The van der Waals surface area contributed by atoms with Crippen LogP contribution in [0, 0.1) is 0 Å². The molecule has 1 heterocycles. The smallest absolute Gasteiger partial charge is 0.237 e. The minimum absolute atomic E-state index is 0.0838. The minimum Gasteiger partial charge on any atom is -0.480 e. The van der Waals surface area contributed by atoms with Crippen molar-refractivity contribution in [3.05, 3.63) is 18.1 Å². The van der Waals surface area contributed by atoms with Crippen molar-refractivity contribution in [2.45, 2.75) is 37.3 Å². The van der Waals surface area contributed by atoms with Gasteiger partial charge in [-0.3, -0.25) is 16.3 Å². The summed E-state index contributed by atoms with van der Waals surface area (Å²) in [7, 11) is 3.33. The van der Waals surface area contributed by atoms with E-state index in [1.165, 1.54) is 6.42 Å². The Labute approximate surface area is 107 Å². The molecule has 6 heteroatoms. The molecule has 0 aromatic carbocycles. The summed E-state index contributed by atoms with van der Waals surface area (Å²) in [6.45, 7) is 0. The van der Waals surface area contributed by atoms with Gasteiger partial charge in [0.15, 0.2) is 0 Å². The molecule has 1 fully saturated rings. The normalized spacial score (nSPS) is 19.1. The highest BCUT2D eigenvalue weighted by atomic mass is 16.5. The van der Waals surface area contributed by atoms with E-state index in [1.54, 1.807) is 26.6 Å². The van der Waals surface area contributed by atoms with Crippen LogP contribution in [0.1, 0.15) is 37.4 Å². The van der Waals surface area contributed by atoms with Gasteiger partial charge in [0.25, 0.3) is 0 Å². The molecule has 1 aliphatic carbocycles. The van der Waals surface area contributed by atoms with Crippen molar-refractivity contribution < 1.29 is 9.47 Å². The zero-order valence-corrected chi connectivity index (χ0v) is 10.8. The van der Waals surface area contributed by atoms with Crippen LogP contribution in [0.2, 0.25) is 0 Å². The van der Waals surface area contributed by atoms with Crippen LogP contribution in [-0.4, -0.2) is 29.8 Å². The topological polar surface area (TPSA) is 82.3 Å². The molecule has 0 bridgehead atoms. The highest BCUT2D eigenvalue weighted by Gasteiger charge is 2.40. The second-order valence-electron chi connectivity index (χ2n) is 4.61. The third-order valence-electron chi connectivity index (χ3n) is 3.69. The van der Waals surface area contributed by atoms with Crippen molar-refractivity contribution in [3.63, 3.8) is 0 Å². The first-order valence-electron chi connectivity index (χ1n) is 6.11. The van der Waals surface area contributed by atoms with E-state index in [9.17, 15) is 0 Å². The summed E-state index contributed by atoms with van der Waals surface area (Å²) >= 11 is 0. The van der Waals surface area contributed by atoms with E-state index >= 15 is 0 Å². The zero-order valence-electron chi connectivity index (χ0n) is 10.8. The van der Waals surface area contributed by atoms with Crippen LogP contribution in [0.4, 0.5) is 0 Å². The van der Waals surface area contributed by atoms with E-state index < -0.39 is 0 Å². The molecule has 1 aromatic heterocycles. The number of rotatable bonds is 6. The first-order chi connectivity index (χ1) is 8.74. The fourth-order valence-corrected chi connectivity index (χ4v) is 2.40. The van der Waals surface area contributed by atoms with Gasteiger partial charge in [-0.15, -0.1) is 0 Å². The summed E-state index contributed by atoms with van der Waals surface area (Å²) in [5, 5.41) is 0. The molecule has 0 amide bonds. The second kappa shape index (κ2) is 5.60. The Morgan fingerprint density at radius 3 is 2.61 bits per heavy atom. The molecule has 0 radical (unpaired) electrons. The van der Waals surface area contributed by atoms with Crippen LogP contribution in [0.5, 0.6) is 5.88 Å². The Morgan fingerprint density at radius 2 is 2.11 bits per heavy atom. The third-order valence-corrected chi connectivity index (χ3v) is 3.69. The Bertz CT molecular complexity index is 390. The number of hydrogen-bond donors (Lipinski definition) is 2. The standard InChI is InChI=1S/C12H20N4O2/c1-17-11-10(14-6-7-15-11)9(16-13)8-12(18-2)4-3-5-12/h6-7,9,16H,3-5,8,13H2,1-2H3. The Hall–Kier alpha value is -1.24. The van der Waals surface area contributed by atoms with Gasteiger partial charge >= 0.3 is 0 Å². The summed E-state index contributed by atoms with van der Waals surface area (Å²) in [5.74, 6) is 6.15. The quantitative estimate of drug-likeness (QED) is 0.579. The van der Waals surface area contributed by atoms with Crippen molar-refractivity contribution in [2.24, 2.45) is 5.84 Å². The molecule has 0 spiro atoms. The molecule has 0 aliphatic heterocycles. The molecule has 0 saturated heterocycles. The molecule has 1 aromatic rings. The van der Waals surface area contributed by atoms with Crippen LogP contribution < -0.4 is 16.0 Å². The molecule has 1 saturated carbocycles. The number of ether oxygens (including phenoxy) is 2. The second-order valence-corrected chi connectivity index (χ2v) is 4.61. The van der Waals surface area contributed by atoms with E-state index in [-0.39, 0.29) is 11.6 Å². The Kier molecular flexibility index (Phi) is 4.11. The lowest BCUT2D eigenvalue weighted by molar-refractivity contribution is -0.0842.